The number of carboxylic acids is 2. The first-order valence-electron chi connectivity index (χ1n) is 13.1. The summed E-state index contributed by atoms with van der Waals surface area (Å²) in [6.45, 7) is 6.06. The largest absolute Gasteiger partial charge is 0.493 e. The third-order valence-electron chi connectivity index (χ3n) is 6.79. The molecule has 0 radical (unpaired) electrons. The van der Waals surface area contributed by atoms with Gasteiger partial charge in [0.1, 0.15) is 0 Å². The molecule has 0 aliphatic heterocycles. The Morgan fingerprint density at radius 3 is 1.85 bits per heavy atom. The first-order valence-corrected chi connectivity index (χ1v) is 13.1. The average molecular weight is 571 g/mol. The molecule has 2 aromatic carbocycles. The molecule has 0 saturated heterocycles. The molecule has 0 saturated carbocycles. The van der Waals surface area contributed by atoms with E-state index >= 15 is 0 Å². The van der Waals surface area contributed by atoms with Crippen LogP contribution in [0.25, 0.3) is 0 Å². The molecule has 0 heterocycles. The summed E-state index contributed by atoms with van der Waals surface area (Å²) in [5, 5.41) is 25.9. The topological polar surface area (TPSA) is 139 Å². The van der Waals surface area contributed by atoms with E-state index in [2.05, 4.69) is 37.9 Å². The van der Waals surface area contributed by atoms with Crippen molar-refractivity contribution < 1.29 is 38.7 Å². The van der Waals surface area contributed by atoms with Gasteiger partial charge in [0.25, 0.3) is 0 Å². The van der Waals surface area contributed by atoms with Gasteiger partial charge in [0.2, 0.25) is 0 Å². The molecule has 1 atom stereocenters. The summed E-state index contributed by atoms with van der Waals surface area (Å²) in [6.07, 6.45) is 3.73. The highest BCUT2D eigenvalue weighted by Gasteiger charge is 2.36. The Morgan fingerprint density at radius 1 is 0.878 bits per heavy atom. The number of rotatable bonds is 15. The predicted octanol–water partition coefficient (Wildman–Crippen LogP) is 4.80. The zero-order valence-corrected chi connectivity index (χ0v) is 25.0. The second-order valence-electron chi connectivity index (χ2n) is 9.66. The molecule has 0 aliphatic rings. The average Bonchev–Trinajstić information content (AvgIpc) is 2.96. The van der Waals surface area contributed by atoms with Crippen LogP contribution >= 0.6 is 0 Å². The molecule has 0 aromatic heterocycles. The predicted molar refractivity (Wildman–Crippen MR) is 156 cm³/mol. The van der Waals surface area contributed by atoms with Crippen LogP contribution in [-0.2, 0) is 21.4 Å². The number of methoxy groups -OCH3 is 4. The molecule has 10 heteroatoms. The summed E-state index contributed by atoms with van der Waals surface area (Å²) in [4.78, 5) is 21.4. The van der Waals surface area contributed by atoms with Gasteiger partial charge in [-0.3, -0.25) is 0 Å². The number of carboxylic acid groups (broad SMARTS) is 2. The lowest BCUT2D eigenvalue weighted by atomic mass is 9.69. The van der Waals surface area contributed by atoms with Crippen LogP contribution in [0, 0.1) is 17.2 Å². The maximum absolute atomic E-state index is 10.2. The monoisotopic (exact) mass is 570 g/mol. The molecule has 0 spiro atoms. The van der Waals surface area contributed by atoms with E-state index in [0.717, 1.165) is 49.4 Å². The van der Waals surface area contributed by atoms with Crippen molar-refractivity contribution in [2.45, 2.75) is 38.5 Å². The molecule has 0 bridgehead atoms. The molecule has 0 unspecified atom stereocenters. The van der Waals surface area contributed by atoms with Gasteiger partial charge in [-0.25, -0.2) is 9.59 Å². The zero-order chi connectivity index (χ0) is 31.0. The number of aliphatic carboxylic acids is 2. The SMILES string of the molecule is COc1ccc(CCN(C)CCC[C@](C#N)(c2ccc(OC)c(OC)c2)C(C)C)cc1OC.O=C(O)/C=C\C(=O)O. The molecular weight excluding hydrogens is 528 g/mol. The molecular formula is C31H42N2O8. The van der Waals surface area contributed by atoms with Gasteiger partial charge in [0.05, 0.1) is 39.9 Å². The van der Waals surface area contributed by atoms with Gasteiger partial charge in [-0.1, -0.05) is 26.0 Å². The van der Waals surface area contributed by atoms with E-state index in [0.29, 0.717) is 23.7 Å². The summed E-state index contributed by atoms with van der Waals surface area (Å²) in [7, 11) is 8.67. The molecule has 10 nitrogen and oxygen atoms in total. The summed E-state index contributed by atoms with van der Waals surface area (Å²) in [6, 6.07) is 14.5. The number of benzene rings is 2. The van der Waals surface area contributed by atoms with Gasteiger partial charge in [0.15, 0.2) is 23.0 Å². The zero-order valence-electron chi connectivity index (χ0n) is 25.0. The van der Waals surface area contributed by atoms with Crippen LogP contribution in [0.1, 0.15) is 37.8 Å². The number of nitrogens with zero attached hydrogens (tertiary/aromatic N) is 2. The summed E-state index contributed by atoms with van der Waals surface area (Å²) in [5.41, 5.74) is 1.60. The Hall–Kier alpha value is -4.23. The molecule has 224 valence electrons. The van der Waals surface area contributed by atoms with E-state index in [4.69, 9.17) is 29.2 Å². The van der Waals surface area contributed by atoms with Gasteiger partial charge in [-0.15, -0.1) is 0 Å². The Kier molecular flexibility index (Phi) is 14.8. The lowest BCUT2D eigenvalue weighted by Crippen LogP contribution is -2.32. The van der Waals surface area contributed by atoms with Crippen LogP contribution in [0.3, 0.4) is 0 Å². The fraction of sp³-hybridized carbons (Fsp3) is 0.452. The number of hydrogen-bond donors (Lipinski definition) is 2. The van der Waals surface area contributed by atoms with Gasteiger partial charge >= 0.3 is 11.9 Å². The number of hydrogen-bond acceptors (Lipinski definition) is 8. The quantitative estimate of drug-likeness (QED) is 0.287. The van der Waals surface area contributed by atoms with Crippen LogP contribution in [0.2, 0.25) is 0 Å². The van der Waals surface area contributed by atoms with Crippen molar-refractivity contribution in [3.63, 3.8) is 0 Å². The van der Waals surface area contributed by atoms with E-state index < -0.39 is 17.4 Å². The van der Waals surface area contributed by atoms with E-state index in [-0.39, 0.29) is 5.92 Å². The van der Waals surface area contributed by atoms with E-state index in [1.165, 1.54) is 5.56 Å². The number of likely N-dealkylation sites (N-methyl/N-ethyl adjacent to an activating group) is 1. The summed E-state index contributed by atoms with van der Waals surface area (Å²) in [5.74, 6) is 0.473. The Balaban J connectivity index is 0.000000915. The molecule has 41 heavy (non-hydrogen) atoms. The Morgan fingerprint density at radius 2 is 1.39 bits per heavy atom. The molecule has 0 fully saturated rings. The normalized spacial score (nSPS) is 12.2. The summed E-state index contributed by atoms with van der Waals surface area (Å²) >= 11 is 0. The molecule has 2 rings (SSSR count). The lowest BCUT2D eigenvalue weighted by Gasteiger charge is -2.32. The van der Waals surface area contributed by atoms with Gasteiger partial charge in [-0.05, 0) is 74.2 Å². The third-order valence-corrected chi connectivity index (χ3v) is 6.79. The minimum atomic E-state index is -1.26. The Bertz CT molecular complexity index is 1190. The van der Waals surface area contributed by atoms with Crippen LogP contribution in [0.15, 0.2) is 48.6 Å². The standard InChI is InChI=1S/C27H38N2O4.C4H4O4/c1-20(2)27(19-28,22-10-12-24(31-5)26(18-22)33-7)14-8-15-29(3)16-13-21-9-11-23(30-4)25(17-21)32-6;5-3(6)1-2-4(7)8/h9-12,17-18,20H,8,13-16H2,1-7H3;1-2H,(H,5,6)(H,7,8)/b;2-1-/t27-;/m1./s1. The Labute approximate surface area is 242 Å². The minimum Gasteiger partial charge on any atom is -0.493 e. The van der Waals surface area contributed by atoms with Crippen LogP contribution in [0.5, 0.6) is 23.0 Å². The maximum atomic E-state index is 10.2. The second-order valence-corrected chi connectivity index (χ2v) is 9.66. The van der Waals surface area contributed by atoms with Crippen molar-refractivity contribution in [1.82, 2.24) is 4.90 Å². The molecule has 0 aliphatic carbocycles. The third kappa shape index (κ3) is 10.7. The van der Waals surface area contributed by atoms with Crippen molar-refractivity contribution in [2.75, 3.05) is 48.6 Å². The highest BCUT2D eigenvalue weighted by atomic mass is 16.5. The van der Waals surface area contributed by atoms with E-state index in [1.807, 2.05) is 30.3 Å². The summed E-state index contributed by atoms with van der Waals surface area (Å²) < 4.78 is 21.6. The van der Waals surface area contributed by atoms with E-state index in [9.17, 15) is 14.9 Å². The number of nitriles is 1. The van der Waals surface area contributed by atoms with E-state index in [1.54, 1.807) is 28.4 Å². The maximum Gasteiger partial charge on any atom is 0.328 e. The van der Waals surface area contributed by atoms with Crippen LogP contribution in [-0.4, -0.2) is 75.6 Å². The molecule has 0 amide bonds. The molecule has 2 N–H and O–H groups in total. The smallest absolute Gasteiger partial charge is 0.328 e. The second kappa shape index (κ2) is 17.5. The van der Waals surface area contributed by atoms with Gasteiger partial charge < -0.3 is 34.1 Å². The van der Waals surface area contributed by atoms with Crippen molar-refractivity contribution in [3.05, 3.63) is 59.7 Å². The van der Waals surface area contributed by atoms with Crippen molar-refractivity contribution >= 4 is 11.9 Å². The highest BCUT2D eigenvalue weighted by molar-refractivity contribution is 5.89. The van der Waals surface area contributed by atoms with Crippen molar-refractivity contribution in [3.8, 4) is 29.1 Å². The lowest BCUT2D eigenvalue weighted by molar-refractivity contribution is -0.134. The molecule has 2 aromatic rings. The first kappa shape index (κ1) is 34.8. The fourth-order valence-electron chi connectivity index (χ4n) is 4.37. The van der Waals surface area contributed by atoms with Gasteiger partial charge in [-0.2, -0.15) is 5.26 Å². The van der Waals surface area contributed by atoms with Crippen LogP contribution < -0.4 is 18.9 Å². The van der Waals surface area contributed by atoms with Gasteiger partial charge in [0, 0.05) is 18.7 Å². The van der Waals surface area contributed by atoms with Crippen molar-refractivity contribution in [2.24, 2.45) is 5.92 Å². The number of carbonyl (C=O) groups is 2. The van der Waals surface area contributed by atoms with Crippen molar-refractivity contribution in [1.29, 1.82) is 5.26 Å². The number of ether oxygens (including phenoxy) is 4. The van der Waals surface area contributed by atoms with Crippen LogP contribution in [0.4, 0.5) is 0 Å². The first-order chi connectivity index (χ1) is 19.5. The minimum absolute atomic E-state index is 0.165. The highest BCUT2D eigenvalue weighted by Crippen LogP contribution is 2.40. The fourth-order valence-corrected chi connectivity index (χ4v) is 4.37.